The first-order valence-electron chi connectivity index (χ1n) is 6.22. The summed E-state index contributed by atoms with van der Waals surface area (Å²) in [5.41, 5.74) is 0.162. The zero-order valence-electron chi connectivity index (χ0n) is 10.9. The van der Waals surface area contributed by atoms with E-state index in [1.165, 1.54) is 18.3 Å². The normalized spacial score (nSPS) is 10.7. The molecule has 0 atom stereocenters. The first-order chi connectivity index (χ1) is 9.63. The van der Waals surface area contributed by atoms with Gasteiger partial charge in [-0.3, -0.25) is 10.1 Å². The molecule has 1 aromatic heterocycles. The highest BCUT2D eigenvalue weighted by atomic mass is 35.5. The number of hydrogen-bond acceptors (Lipinski definition) is 5. The van der Waals surface area contributed by atoms with Crippen LogP contribution in [0.25, 0.3) is 11.3 Å². The molecule has 0 aliphatic carbocycles. The highest BCUT2D eigenvalue weighted by Gasteiger charge is 2.21. The van der Waals surface area contributed by atoms with Gasteiger partial charge in [0, 0.05) is 6.07 Å². The summed E-state index contributed by atoms with van der Waals surface area (Å²) in [6.45, 7) is 3.39. The fraction of sp³-hybridized carbons (Fsp3) is 0.308. The zero-order chi connectivity index (χ0) is 14.5. The molecule has 0 bridgehead atoms. The Hall–Kier alpha value is -1.92. The monoisotopic (exact) mass is 295 g/mol. The molecule has 1 N–H and O–H groups in total. The third-order valence-corrected chi connectivity index (χ3v) is 3.01. The van der Waals surface area contributed by atoms with E-state index in [-0.39, 0.29) is 16.3 Å². The highest BCUT2D eigenvalue weighted by molar-refractivity contribution is 6.33. The van der Waals surface area contributed by atoms with Crippen molar-refractivity contribution in [2.75, 3.05) is 6.54 Å². The van der Waals surface area contributed by atoms with Crippen LogP contribution in [0.2, 0.25) is 5.02 Å². The van der Waals surface area contributed by atoms with Crippen LogP contribution >= 0.6 is 11.6 Å². The van der Waals surface area contributed by atoms with Crippen molar-refractivity contribution >= 4 is 17.3 Å². The van der Waals surface area contributed by atoms with Gasteiger partial charge in [-0.15, -0.1) is 0 Å². The molecule has 6 nitrogen and oxygen atoms in total. The Balaban J connectivity index is 2.30. The number of oxazole rings is 1. The van der Waals surface area contributed by atoms with Crippen molar-refractivity contribution in [2.24, 2.45) is 0 Å². The van der Waals surface area contributed by atoms with E-state index in [0.717, 1.165) is 13.0 Å². The highest BCUT2D eigenvalue weighted by Crippen LogP contribution is 2.36. The SMILES string of the molecule is CCCNCc1ncc(-c2c(Cl)cccc2[N+](=O)[O-])o1. The van der Waals surface area contributed by atoms with E-state index in [2.05, 4.69) is 17.2 Å². The average molecular weight is 296 g/mol. The lowest BCUT2D eigenvalue weighted by molar-refractivity contribution is -0.384. The summed E-state index contributed by atoms with van der Waals surface area (Å²) in [5.74, 6) is 0.776. The molecular weight excluding hydrogens is 282 g/mol. The van der Waals surface area contributed by atoms with E-state index in [1.807, 2.05) is 0 Å². The Labute approximate surface area is 120 Å². The van der Waals surface area contributed by atoms with Crippen molar-refractivity contribution in [3.63, 3.8) is 0 Å². The first-order valence-corrected chi connectivity index (χ1v) is 6.60. The van der Waals surface area contributed by atoms with Gasteiger partial charge in [0.2, 0.25) is 5.89 Å². The van der Waals surface area contributed by atoms with Crippen LogP contribution in [0.5, 0.6) is 0 Å². The van der Waals surface area contributed by atoms with Gasteiger partial charge >= 0.3 is 0 Å². The van der Waals surface area contributed by atoms with Crippen LogP contribution < -0.4 is 5.32 Å². The van der Waals surface area contributed by atoms with Crippen molar-refractivity contribution in [1.29, 1.82) is 0 Å². The Morgan fingerprint density at radius 1 is 1.50 bits per heavy atom. The number of hydrogen-bond donors (Lipinski definition) is 1. The number of nitro benzene ring substituents is 1. The third kappa shape index (κ3) is 3.15. The summed E-state index contributed by atoms with van der Waals surface area (Å²) < 4.78 is 5.53. The molecule has 0 saturated carbocycles. The molecule has 0 fully saturated rings. The molecule has 0 unspecified atom stereocenters. The maximum absolute atomic E-state index is 11.0. The number of benzene rings is 1. The lowest BCUT2D eigenvalue weighted by Crippen LogP contribution is -2.13. The van der Waals surface area contributed by atoms with Gasteiger partial charge < -0.3 is 9.73 Å². The van der Waals surface area contributed by atoms with Gasteiger partial charge in [-0.1, -0.05) is 24.6 Å². The molecule has 0 spiro atoms. The van der Waals surface area contributed by atoms with Crippen LogP contribution in [0.4, 0.5) is 5.69 Å². The summed E-state index contributed by atoms with van der Waals surface area (Å²) in [4.78, 5) is 14.6. The van der Waals surface area contributed by atoms with Gasteiger partial charge in [0.05, 0.1) is 22.7 Å². The van der Waals surface area contributed by atoms with Crippen LogP contribution in [0.15, 0.2) is 28.8 Å². The van der Waals surface area contributed by atoms with Crippen LogP contribution in [0.1, 0.15) is 19.2 Å². The summed E-state index contributed by atoms with van der Waals surface area (Å²) in [7, 11) is 0. The summed E-state index contributed by atoms with van der Waals surface area (Å²) in [5, 5.41) is 14.4. The Morgan fingerprint density at radius 2 is 2.30 bits per heavy atom. The maximum Gasteiger partial charge on any atom is 0.281 e. The predicted octanol–water partition coefficient (Wildman–Crippen LogP) is 3.40. The van der Waals surface area contributed by atoms with E-state index in [1.54, 1.807) is 6.07 Å². The standard InChI is InChI=1S/C13H14ClN3O3/c1-2-6-15-8-12-16-7-11(20-12)13-9(14)4-3-5-10(13)17(18)19/h3-5,7,15H,2,6,8H2,1H3. The fourth-order valence-electron chi connectivity index (χ4n) is 1.79. The molecule has 106 valence electrons. The third-order valence-electron chi connectivity index (χ3n) is 2.69. The summed E-state index contributed by atoms with van der Waals surface area (Å²) in [6, 6.07) is 4.50. The smallest absolute Gasteiger partial charge is 0.281 e. The number of aromatic nitrogens is 1. The van der Waals surface area contributed by atoms with E-state index in [0.29, 0.717) is 18.2 Å². The number of nitro groups is 1. The fourth-order valence-corrected chi connectivity index (χ4v) is 2.05. The van der Waals surface area contributed by atoms with Crippen molar-refractivity contribution in [2.45, 2.75) is 19.9 Å². The number of nitrogens with one attached hydrogen (secondary N) is 1. The van der Waals surface area contributed by atoms with E-state index >= 15 is 0 Å². The molecular formula is C13H14ClN3O3. The van der Waals surface area contributed by atoms with Crippen LogP contribution in [-0.4, -0.2) is 16.5 Å². The van der Waals surface area contributed by atoms with Gasteiger partial charge in [-0.05, 0) is 19.0 Å². The van der Waals surface area contributed by atoms with Gasteiger partial charge in [0.1, 0.15) is 5.56 Å². The Morgan fingerprint density at radius 3 is 3.00 bits per heavy atom. The number of nitrogens with zero attached hydrogens (tertiary/aromatic N) is 2. The minimum atomic E-state index is -0.487. The van der Waals surface area contributed by atoms with E-state index in [9.17, 15) is 10.1 Å². The zero-order valence-corrected chi connectivity index (χ0v) is 11.7. The lowest BCUT2D eigenvalue weighted by Gasteiger charge is -2.02. The molecule has 2 aromatic rings. The van der Waals surface area contributed by atoms with Crippen molar-refractivity contribution in [3.8, 4) is 11.3 Å². The summed E-state index contributed by atoms with van der Waals surface area (Å²) in [6.07, 6.45) is 2.46. The van der Waals surface area contributed by atoms with Crippen LogP contribution in [0.3, 0.4) is 0 Å². The number of rotatable bonds is 6. The van der Waals surface area contributed by atoms with Crippen molar-refractivity contribution in [1.82, 2.24) is 10.3 Å². The summed E-state index contributed by atoms with van der Waals surface area (Å²) >= 11 is 6.04. The molecule has 0 saturated heterocycles. The second-order valence-corrected chi connectivity index (χ2v) is 4.59. The van der Waals surface area contributed by atoms with Gasteiger partial charge in [0.15, 0.2) is 5.76 Å². The predicted molar refractivity (Wildman–Crippen MR) is 75.6 cm³/mol. The Kier molecular flexibility index (Phi) is 4.70. The van der Waals surface area contributed by atoms with Crippen LogP contribution in [0, 0.1) is 10.1 Å². The molecule has 0 radical (unpaired) electrons. The minimum Gasteiger partial charge on any atom is -0.439 e. The number of halogens is 1. The molecule has 1 heterocycles. The second-order valence-electron chi connectivity index (χ2n) is 4.19. The molecule has 0 aliphatic heterocycles. The van der Waals surface area contributed by atoms with Crippen molar-refractivity contribution < 1.29 is 9.34 Å². The minimum absolute atomic E-state index is 0.0956. The van der Waals surface area contributed by atoms with E-state index < -0.39 is 4.92 Å². The van der Waals surface area contributed by atoms with E-state index in [4.69, 9.17) is 16.0 Å². The lowest BCUT2D eigenvalue weighted by atomic mass is 10.1. The van der Waals surface area contributed by atoms with Crippen LogP contribution in [-0.2, 0) is 6.54 Å². The molecule has 2 rings (SSSR count). The van der Waals surface area contributed by atoms with Gasteiger partial charge in [0.25, 0.3) is 5.69 Å². The first kappa shape index (κ1) is 14.5. The largest absolute Gasteiger partial charge is 0.439 e. The van der Waals surface area contributed by atoms with Gasteiger partial charge in [-0.2, -0.15) is 0 Å². The van der Waals surface area contributed by atoms with Gasteiger partial charge in [-0.25, -0.2) is 4.98 Å². The second kappa shape index (κ2) is 6.49. The molecule has 1 aromatic carbocycles. The Bertz CT molecular complexity index is 613. The van der Waals surface area contributed by atoms with Crippen molar-refractivity contribution in [3.05, 3.63) is 45.4 Å². The molecule has 7 heteroatoms. The quantitative estimate of drug-likeness (QED) is 0.502. The molecule has 0 amide bonds. The molecule has 0 aliphatic rings. The topological polar surface area (TPSA) is 81.2 Å². The maximum atomic E-state index is 11.0. The average Bonchev–Trinajstić information content (AvgIpc) is 2.87. The molecule has 20 heavy (non-hydrogen) atoms.